The van der Waals surface area contributed by atoms with Gasteiger partial charge in [0.15, 0.2) is 11.5 Å². The van der Waals surface area contributed by atoms with Crippen LogP contribution < -0.4 is 24.4 Å². The van der Waals surface area contributed by atoms with Crippen LogP contribution >= 0.6 is 0 Å². The molecule has 1 heterocycles. The number of methoxy groups -OCH3 is 3. The van der Waals surface area contributed by atoms with Gasteiger partial charge >= 0.3 is 6.09 Å². The summed E-state index contributed by atoms with van der Waals surface area (Å²) in [6.45, 7) is 0. The number of hydrogen-bond donors (Lipinski definition) is 2. The monoisotopic (exact) mass is 396 g/mol. The normalized spacial score (nSPS) is 10.2. The first-order valence-electron chi connectivity index (χ1n) is 8.55. The van der Waals surface area contributed by atoms with Crippen LogP contribution in [-0.4, -0.2) is 42.5 Å². The third kappa shape index (κ3) is 4.29. The maximum absolute atomic E-state index is 11.8. The van der Waals surface area contributed by atoms with Gasteiger partial charge < -0.3 is 24.6 Å². The molecule has 0 radical (unpaired) electrons. The molecular formula is C20H20N4O5. The predicted octanol–water partition coefficient (Wildman–Crippen LogP) is 4.06. The van der Waals surface area contributed by atoms with Crippen molar-refractivity contribution in [3.63, 3.8) is 0 Å². The van der Waals surface area contributed by atoms with Crippen molar-refractivity contribution < 1.29 is 24.1 Å². The number of para-hydroxylation sites is 1. The number of anilines is 4. The molecule has 150 valence electrons. The Morgan fingerprint density at radius 2 is 1.66 bits per heavy atom. The number of rotatable bonds is 7. The van der Waals surface area contributed by atoms with Crippen LogP contribution in [0.25, 0.3) is 0 Å². The van der Waals surface area contributed by atoms with Gasteiger partial charge in [0.1, 0.15) is 5.82 Å². The number of amides is 1. The first-order chi connectivity index (χ1) is 14.1. The lowest BCUT2D eigenvalue weighted by Gasteiger charge is -2.19. The summed E-state index contributed by atoms with van der Waals surface area (Å²) in [5.74, 6) is 1.79. The van der Waals surface area contributed by atoms with E-state index in [1.54, 1.807) is 42.5 Å². The molecule has 0 spiro atoms. The predicted molar refractivity (Wildman–Crippen MR) is 108 cm³/mol. The molecule has 2 aromatic carbocycles. The van der Waals surface area contributed by atoms with E-state index in [2.05, 4.69) is 15.3 Å². The summed E-state index contributed by atoms with van der Waals surface area (Å²) in [6, 6.07) is 13.6. The highest BCUT2D eigenvalue weighted by Crippen LogP contribution is 2.40. The van der Waals surface area contributed by atoms with Gasteiger partial charge in [-0.05, 0) is 12.1 Å². The lowest BCUT2D eigenvalue weighted by Crippen LogP contribution is -2.24. The second-order valence-corrected chi connectivity index (χ2v) is 5.73. The maximum atomic E-state index is 11.8. The van der Waals surface area contributed by atoms with Crippen molar-refractivity contribution in [1.29, 1.82) is 0 Å². The molecule has 0 aliphatic heterocycles. The molecule has 3 rings (SSSR count). The van der Waals surface area contributed by atoms with Crippen molar-refractivity contribution in [2.45, 2.75) is 0 Å². The molecule has 0 aliphatic rings. The van der Waals surface area contributed by atoms with Crippen LogP contribution in [0.2, 0.25) is 0 Å². The number of carboxylic acid groups (broad SMARTS) is 1. The lowest BCUT2D eigenvalue weighted by atomic mass is 10.2. The first kappa shape index (κ1) is 19.7. The van der Waals surface area contributed by atoms with E-state index >= 15 is 0 Å². The van der Waals surface area contributed by atoms with Crippen LogP contribution in [0.4, 0.5) is 27.9 Å². The minimum atomic E-state index is -1.16. The van der Waals surface area contributed by atoms with Gasteiger partial charge in [-0.1, -0.05) is 18.2 Å². The number of ether oxygens (including phenoxy) is 3. The van der Waals surface area contributed by atoms with E-state index in [9.17, 15) is 9.90 Å². The number of benzene rings is 2. The zero-order valence-corrected chi connectivity index (χ0v) is 16.1. The Balaban J connectivity index is 1.95. The molecule has 0 aliphatic carbocycles. The number of hydrogen-bond acceptors (Lipinski definition) is 7. The molecule has 1 amide bonds. The van der Waals surface area contributed by atoms with Gasteiger partial charge in [-0.25, -0.2) is 14.7 Å². The summed E-state index contributed by atoms with van der Waals surface area (Å²) in [5, 5.41) is 12.7. The van der Waals surface area contributed by atoms with Gasteiger partial charge in [-0.2, -0.15) is 4.98 Å². The largest absolute Gasteiger partial charge is 0.493 e. The molecule has 29 heavy (non-hydrogen) atoms. The van der Waals surface area contributed by atoms with Gasteiger partial charge in [0.05, 0.1) is 27.0 Å². The van der Waals surface area contributed by atoms with Crippen molar-refractivity contribution in [2.24, 2.45) is 0 Å². The molecule has 0 atom stereocenters. The maximum Gasteiger partial charge on any atom is 0.417 e. The summed E-state index contributed by atoms with van der Waals surface area (Å²) < 4.78 is 16.0. The molecule has 2 N–H and O–H groups in total. The van der Waals surface area contributed by atoms with Gasteiger partial charge in [0.2, 0.25) is 11.7 Å². The van der Waals surface area contributed by atoms with E-state index in [1.165, 1.54) is 33.6 Å². The topological polar surface area (TPSA) is 106 Å². The Bertz CT molecular complexity index is 972. The van der Waals surface area contributed by atoms with Crippen LogP contribution in [0.5, 0.6) is 17.2 Å². The molecule has 0 fully saturated rings. The van der Waals surface area contributed by atoms with E-state index in [1.807, 2.05) is 0 Å². The molecule has 3 aromatic rings. The first-order valence-corrected chi connectivity index (χ1v) is 8.55. The third-order valence-corrected chi connectivity index (χ3v) is 4.00. The van der Waals surface area contributed by atoms with Crippen LogP contribution in [0.3, 0.4) is 0 Å². The minimum absolute atomic E-state index is 0.202. The van der Waals surface area contributed by atoms with Gasteiger partial charge in [-0.15, -0.1) is 0 Å². The summed E-state index contributed by atoms with van der Waals surface area (Å²) in [5.41, 5.74) is 1.05. The highest BCUT2D eigenvalue weighted by atomic mass is 16.5. The molecule has 9 nitrogen and oxygen atoms in total. The van der Waals surface area contributed by atoms with E-state index in [-0.39, 0.29) is 11.8 Å². The molecule has 0 unspecified atom stereocenters. The Morgan fingerprint density at radius 1 is 1.00 bits per heavy atom. The zero-order valence-electron chi connectivity index (χ0n) is 16.1. The molecule has 0 saturated carbocycles. The molecule has 1 aromatic heterocycles. The lowest BCUT2D eigenvalue weighted by molar-refractivity contribution is 0.204. The number of nitrogens with one attached hydrogen (secondary N) is 1. The smallest absolute Gasteiger partial charge is 0.417 e. The Kier molecular flexibility index (Phi) is 5.98. The highest BCUT2D eigenvalue weighted by Gasteiger charge is 2.19. The second-order valence-electron chi connectivity index (χ2n) is 5.73. The van der Waals surface area contributed by atoms with E-state index in [0.717, 1.165) is 4.90 Å². The number of carbonyl (C=O) groups is 1. The summed E-state index contributed by atoms with van der Waals surface area (Å²) in [6.07, 6.45) is 0.315. The van der Waals surface area contributed by atoms with Crippen molar-refractivity contribution in [3.05, 3.63) is 54.7 Å². The molecular weight excluding hydrogens is 376 g/mol. The molecule has 9 heteroatoms. The van der Waals surface area contributed by atoms with Crippen LogP contribution in [0, 0.1) is 0 Å². The van der Waals surface area contributed by atoms with Gasteiger partial charge in [0, 0.05) is 30.1 Å². The van der Waals surface area contributed by atoms with Gasteiger partial charge in [0.25, 0.3) is 0 Å². The highest BCUT2D eigenvalue weighted by molar-refractivity contribution is 5.93. The van der Waals surface area contributed by atoms with Gasteiger partial charge in [-0.3, -0.25) is 0 Å². The minimum Gasteiger partial charge on any atom is -0.493 e. The van der Waals surface area contributed by atoms with Crippen molar-refractivity contribution in [1.82, 2.24) is 9.97 Å². The standard InChI is InChI=1S/C20H20N4O5/c1-27-15-11-13(12-16(28-2)18(15)29-3)22-19-21-10-9-17(23-19)24(20(25)26)14-7-5-4-6-8-14/h4-12H,1-3H3,(H,25,26)(H,21,22,23). The number of nitrogens with zero attached hydrogens (tertiary/aromatic N) is 3. The molecule has 0 bridgehead atoms. The average Bonchev–Trinajstić information content (AvgIpc) is 2.74. The van der Waals surface area contributed by atoms with E-state index < -0.39 is 6.09 Å². The number of aromatic nitrogens is 2. The fourth-order valence-electron chi connectivity index (χ4n) is 2.73. The Morgan fingerprint density at radius 3 is 2.21 bits per heavy atom. The third-order valence-electron chi connectivity index (χ3n) is 4.00. The summed E-state index contributed by atoms with van der Waals surface area (Å²) in [7, 11) is 4.55. The van der Waals surface area contributed by atoms with Crippen molar-refractivity contribution >= 4 is 29.2 Å². The van der Waals surface area contributed by atoms with Crippen LogP contribution in [-0.2, 0) is 0 Å². The SMILES string of the molecule is COc1cc(Nc2nccc(N(C(=O)O)c3ccccc3)n2)cc(OC)c1OC. The Hall–Kier alpha value is -4.01. The van der Waals surface area contributed by atoms with E-state index in [4.69, 9.17) is 14.2 Å². The zero-order chi connectivity index (χ0) is 20.8. The molecule has 0 saturated heterocycles. The Labute approximate surface area is 167 Å². The van der Waals surface area contributed by atoms with Crippen molar-refractivity contribution in [3.8, 4) is 17.2 Å². The van der Waals surface area contributed by atoms with E-state index in [0.29, 0.717) is 28.6 Å². The van der Waals surface area contributed by atoms with Crippen LogP contribution in [0.15, 0.2) is 54.7 Å². The quantitative estimate of drug-likeness (QED) is 0.616. The second kappa shape index (κ2) is 8.79. The summed E-state index contributed by atoms with van der Waals surface area (Å²) in [4.78, 5) is 21.4. The summed E-state index contributed by atoms with van der Waals surface area (Å²) >= 11 is 0. The fraction of sp³-hybridized carbons (Fsp3) is 0.150. The average molecular weight is 396 g/mol. The fourth-order valence-corrected chi connectivity index (χ4v) is 2.73. The van der Waals surface area contributed by atoms with Crippen LogP contribution in [0.1, 0.15) is 0 Å². The van der Waals surface area contributed by atoms with Crippen molar-refractivity contribution in [2.75, 3.05) is 31.5 Å².